The van der Waals surface area contributed by atoms with Crippen molar-refractivity contribution in [2.24, 2.45) is 0 Å². The van der Waals surface area contributed by atoms with E-state index >= 15 is 0 Å². The predicted octanol–water partition coefficient (Wildman–Crippen LogP) is 6.00. The van der Waals surface area contributed by atoms with Crippen LogP contribution in [0.25, 0.3) is 6.08 Å². The van der Waals surface area contributed by atoms with Crippen LogP contribution in [0.2, 0.25) is 5.02 Å². The number of carbonyl (C=O) groups excluding carboxylic acids is 2. The quantitative estimate of drug-likeness (QED) is 0.248. The van der Waals surface area contributed by atoms with Gasteiger partial charge in [-0.3, -0.25) is 19.4 Å². The van der Waals surface area contributed by atoms with E-state index in [1.54, 1.807) is 59.5 Å². The number of nitrogens with one attached hydrogen (secondary N) is 1. The van der Waals surface area contributed by atoms with Crippen molar-refractivity contribution in [2.45, 2.75) is 6.54 Å². The highest BCUT2D eigenvalue weighted by atomic mass is 35.5. The smallest absolute Gasteiger partial charge is 0.294 e. The highest BCUT2D eigenvalue weighted by molar-refractivity contribution is 6.30. The van der Waals surface area contributed by atoms with Crippen LogP contribution < -0.4 is 19.9 Å². The first kappa shape index (κ1) is 29.4. The van der Waals surface area contributed by atoms with Crippen molar-refractivity contribution < 1.29 is 18.7 Å². The number of para-hydroxylation sites is 2. The lowest BCUT2D eigenvalue weighted by molar-refractivity contribution is -0.117. The third kappa shape index (κ3) is 6.93. The van der Waals surface area contributed by atoms with E-state index in [1.165, 1.54) is 12.1 Å². The van der Waals surface area contributed by atoms with E-state index < -0.39 is 0 Å². The topological polar surface area (TPSA) is 65.1 Å². The highest BCUT2D eigenvalue weighted by Crippen LogP contribution is 2.36. The maximum Gasteiger partial charge on any atom is 0.294 e. The maximum absolute atomic E-state index is 13.8. The summed E-state index contributed by atoms with van der Waals surface area (Å²) >= 11 is 6.14. The van der Waals surface area contributed by atoms with Crippen LogP contribution in [-0.4, -0.2) is 56.0 Å². The van der Waals surface area contributed by atoms with Gasteiger partial charge in [0.1, 0.15) is 5.82 Å². The van der Waals surface area contributed by atoms with Crippen LogP contribution in [0.1, 0.15) is 21.5 Å². The van der Waals surface area contributed by atoms with Gasteiger partial charge in [-0.05, 0) is 71.8 Å². The van der Waals surface area contributed by atoms with Crippen LogP contribution in [-0.2, 0) is 11.3 Å². The van der Waals surface area contributed by atoms with Crippen molar-refractivity contribution in [3.05, 3.63) is 130 Å². The van der Waals surface area contributed by atoms with Gasteiger partial charge in [-0.15, -0.1) is 0 Å². The Bertz CT molecular complexity index is 1690. The van der Waals surface area contributed by atoms with Crippen molar-refractivity contribution in [1.29, 1.82) is 0 Å². The fourth-order valence-electron chi connectivity index (χ4n) is 5.45. The van der Waals surface area contributed by atoms with Crippen LogP contribution in [0, 0.1) is 5.82 Å². The van der Waals surface area contributed by atoms with E-state index in [0.29, 0.717) is 34.7 Å². The van der Waals surface area contributed by atoms with E-state index in [0.717, 1.165) is 43.4 Å². The molecule has 2 amide bonds. The van der Waals surface area contributed by atoms with Gasteiger partial charge in [0.05, 0.1) is 12.2 Å². The standard InChI is InChI=1S/C35H32ClFN4O3/c36-28-6-4-8-30(23-28)40-19-17-39(18-20-40)16-15-38-34(42)27-13-11-25(12-14-27)22-33-35(43)41(24-26-5-3-7-29(37)21-26)31-9-1-2-10-32(31)44-33/h1-14,21-23H,15-20,24H2,(H,38,42). The second-order valence-electron chi connectivity index (χ2n) is 10.8. The Balaban J connectivity index is 1.04. The molecule has 4 aromatic carbocycles. The first-order chi connectivity index (χ1) is 21.4. The molecule has 0 radical (unpaired) electrons. The molecule has 44 heavy (non-hydrogen) atoms. The minimum atomic E-state index is -0.357. The van der Waals surface area contributed by atoms with Crippen LogP contribution in [0.3, 0.4) is 0 Å². The zero-order valence-electron chi connectivity index (χ0n) is 24.1. The fraction of sp³-hybridized carbons (Fsp3) is 0.200. The molecule has 4 aromatic rings. The van der Waals surface area contributed by atoms with Gasteiger partial charge in [-0.1, -0.05) is 54.1 Å². The van der Waals surface area contributed by atoms with Gasteiger partial charge in [0.2, 0.25) is 0 Å². The number of fused-ring (bicyclic) bond motifs is 1. The molecule has 0 saturated carbocycles. The zero-order valence-corrected chi connectivity index (χ0v) is 24.8. The molecular weight excluding hydrogens is 579 g/mol. The van der Waals surface area contributed by atoms with Gasteiger partial charge in [0.25, 0.3) is 11.8 Å². The van der Waals surface area contributed by atoms with Gasteiger partial charge < -0.3 is 15.0 Å². The molecule has 0 spiro atoms. The molecule has 224 valence electrons. The number of rotatable bonds is 8. The zero-order chi connectivity index (χ0) is 30.5. The van der Waals surface area contributed by atoms with Crippen LogP contribution in [0.15, 0.2) is 103 Å². The van der Waals surface area contributed by atoms with Crippen molar-refractivity contribution in [3.8, 4) is 5.75 Å². The van der Waals surface area contributed by atoms with Gasteiger partial charge in [0.15, 0.2) is 11.5 Å². The molecule has 0 aliphatic carbocycles. The first-order valence-electron chi connectivity index (χ1n) is 14.6. The minimum absolute atomic E-state index is 0.146. The van der Waals surface area contributed by atoms with Crippen molar-refractivity contribution in [3.63, 3.8) is 0 Å². The Labute approximate surface area is 261 Å². The predicted molar refractivity (Wildman–Crippen MR) is 172 cm³/mol. The summed E-state index contributed by atoms with van der Waals surface area (Å²) in [7, 11) is 0. The summed E-state index contributed by atoms with van der Waals surface area (Å²) in [5.41, 5.74) is 3.67. The van der Waals surface area contributed by atoms with E-state index in [4.69, 9.17) is 16.3 Å². The molecule has 2 aliphatic rings. The SMILES string of the molecule is O=C(NCCN1CCN(c2cccc(Cl)c2)CC1)c1ccc(C=C2Oc3ccccc3N(Cc3cccc(F)c3)C2=O)cc1. The number of nitrogens with zero attached hydrogens (tertiary/aromatic N) is 3. The molecule has 6 rings (SSSR count). The van der Waals surface area contributed by atoms with E-state index in [9.17, 15) is 14.0 Å². The molecule has 2 heterocycles. The lowest BCUT2D eigenvalue weighted by Gasteiger charge is -2.36. The molecule has 9 heteroatoms. The first-order valence-corrected chi connectivity index (χ1v) is 15.0. The van der Waals surface area contributed by atoms with Gasteiger partial charge >= 0.3 is 0 Å². The third-order valence-electron chi connectivity index (χ3n) is 7.79. The third-order valence-corrected chi connectivity index (χ3v) is 8.03. The maximum atomic E-state index is 13.8. The number of ether oxygens (including phenoxy) is 1. The molecule has 0 unspecified atom stereocenters. The number of amides is 2. The van der Waals surface area contributed by atoms with E-state index in [2.05, 4.69) is 21.2 Å². The Morgan fingerprint density at radius 3 is 2.45 bits per heavy atom. The number of hydrogen-bond donors (Lipinski definition) is 1. The van der Waals surface area contributed by atoms with Crippen molar-refractivity contribution >= 4 is 40.9 Å². The summed E-state index contributed by atoms with van der Waals surface area (Å²) in [6, 6.07) is 28.4. The average Bonchev–Trinajstić information content (AvgIpc) is 3.04. The highest BCUT2D eigenvalue weighted by Gasteiger charge is 2.30. The molecule has 1 N–H and O–H groups in total. The van der Waals surface area contributed by atoms with Gasteiger partial charge in [-0.25, -0.2) is 4.39 Å². The molecule has 1 fully saturated rings. The molecule has 0 atom stereocenters. The van der Waals surface area contributed by atoms with Crippen LogP contribution in [0.4, 0.5) is 15.8 Å². The molecule has 2 aliphatic heterocycles. The Hall–Kier alpha value is -4.66. The summed E-state index contributed by atoms with van der Waals surface area (Å²) in [6.07, 6.45) is 1.65. The number of benzene rings is 4. The van der Waals surface area contributed by atoms with Crippen LogP contribution in [0.5, 0.6) is 5.75 Å². The summed E-state index contributed by atoms with van der Waals surface area (Å²) < 4.78 is 19.8. The average molecular weight is 611 g/mol. The second kappa shape index (κ2) is 13.3. The van der Waals surface area contributed by atoms with Crippen molar-refractivity contribution in [1.82, 2.24) is 10.2 Å². The lowest BCUT2D eigenvalue weighted by atomic mass is 10.1. The number of hydrogen-bond acceptors (Lipinski definition) is 5. The lowest BCUT2D eigenvalue weighted by Crippen LogP contribution is -2.48. The minimum Gasteiger partial charge on any atom is -0.449 e. The largest absolute Gasteiger partial charge is 0.449 e. The number of halogens is 2. The normalized spacial score (nSPS) is 16.0. The number of piperazine rings is 1. The Kier molecular flexibility index (Phi) is 8.91. The summed E-state index contributed by atoms with van der Waals surface area (Å²) in [6.45, 7) is 5.16. The second-order valence-corrected chi connectivity index (χ2v) is 11.2. The molecule has 0 aromatic heterocycles. The van der Waals surface area contributed by atoms with E-state index in [-0.39, 0.29) is 29.9 Å². The van der Waals surface area contributed by atoms with Crippen molar-refractivity contribution in [2.75, 3.05) is 49.1 Å². The Morgan fingerprint density at radius 2 is 1.68 bits per heavy atom. The summed E-state index contributed by atoms with van der Waals surface area (Å²) in [5.74, 6) is -0.154. The van der Waals surface area contributed by atoms with E-state index in [1.807, 2.05) is 30.3 Å². The summed E-state index contributed by atoms with van der Waals surface area (Å²) in [5, 5.41) is 3.75. The van der Waals surface area contributed by atoms with Gasteiger partial charge in [0, 0.05) is 55.5 Å². The molecule has 0 bridgehead atoms. The number of carbonyl (C=O) groups is 2. The monoisotopic (exact) mass is 610 g/mol. The molecule has 7 nitrogen and oxygen atoms in total. The fourth-order valence-corrected chi connectivity index (χ4v) is 5.64. The molecular formula is C35H32ClFN4O3. The summed E-state index contributed by atoms with van der Waals surface area (Å²) in [4.78, 5) is 32.5. The van der Waals surface area contributed by atoms with Crippen LogP contribution >= 0.6 is 11.6 Å². The van der Waals surface area contributed by atoms with Gasteiger partial charge in [-0.2, -0.15) is 0 Å². The Morgan fingerprint density at radius 1 is 0.909 bits per heavy atom. The number of anilines is 2. The molecule has 1 saturated heterocycles.